The molecule has 33 heavy (non-hydrogen) atoms. The van der Waals surface area contributed by atoms with Gasteiger partial charge in [0.25, 0.3) is 5.91 Å². The van der Waals surface area contributed by atoms with Crippen LogP contribution in [0.3, 0.4) is 0 Å². The van der Waals surface area contributed by atoms with Gasteiger partial charge in [-0.05, 0) is 49.2 Å². The Bertz CT molecular complexity index is 1200. The lowest BCUT2D eigenvalue weighted by Gasteiger charge is -2.13. The fraction of sp³-hybridized carbons (Fsp3) is 0.261. The molecule has 0 bridgehead atoms. The summed E-state index contributed by atoms with van der Waals surface area (Å²) in [5.74, 6) is -3.44. The minimum Gasteiger partial charge on any atom is -0.395 e. The van der Waals surface area contributed by atoms with Gasteiger partial charge in [0.15, 0.2) is 5.78 Å². The zero-order chi connectivity index (χ0) is 24.5. The summed E-state index contributed by atoms with van der Waals surface area (Å²) >= 11 is 0. The second kappa shape index (κ2) is 9.05. The van der Waals surface area contributed by atoms with Crippen molar-refractivity contribution in [3.63, 3.8) is 0 Å². The lowest BCUT2D eigenvalue weighted by Crippen LogP contribution is -2.23. The third-order valence-corrected chi connectivity index (χ3v) is 5.26. The van der Waals surface area contributed by atoms with Crippen molar-refractivity contribution in [2.45, 2.75) is 39.4 Å². The van der Waals surface area contributed by atoms with Crippen LogP contribution in [-0.2, 0) is 6.54 Å². The number of rotatable bonds is 6. The SMILES string of the molecule is CC(=O)c1c(N)c(C(C)C(F)(F)F)nn1-c1ccc(CNC(=O)c2cc(F)ccc2C)cc1. The van der Waals surface area contributed by atoms with Crippen LogP contribution >= 0.6 is 0 Å². The van der Waals surface area contributed by atoms with Crippen molar-refractivity contribution in [1.82, 2.24) is 15.1 Å². The molecule has 3 rings (SSSR count). The Morgan fingerprint density at radius 3 is 2.36 bits per heavy atom. The van der Waals surface area contributed by atoms with Crippen LogP contribution in [0.15, 0.2) is 42.5 Å². The minimum atomic E-state index is -4.57. The van der Waals surface area contributed by atoms with E-state index >= 15 is 0 Å². The zero-order valence-electron chi connectivity index (χ0n) is 18.1. The van der Waals surface area contributed by atoms with E-state index in [1.807, 2.05) is 0 Å². The predicted octanol–water partition coefficient (Wildman–Crippen LogP) is 4.70. The van der Waals surface area contributed by atoms with Crippen molar-refractivity contribution in [2.75, 3.05) is 5.73 Å². The molecule has 174 valence electrons. The number of halogens is 4. The normalized spacial score (nSPS) is 12.5. The highest BCUT2D eigenvalue weighted by Gasteiger charge is 2.41. The van der Waals surface area contributed by atoms with E-state index in [-0.39, 0.29) is 23.5 Å². The van der Waals surface area contributed by atoms with Crippen molar-refractivity contribution in [3.05, 3.63) is 76.4 Å². The summed E-state index contributed by atoms with van der Waals surface area (Å²) in [6, 6.07) is 10.3. The quantitative estimate of drug-likeness (QED) is 0.411. The van der Waals surface area contributed by atoms with E-state index in [1.54, 1.807) is 31.2 Å². The molecule has 2 aromatic carbocycles. The second-order valence-electron chi connectivity index (χ2n) is 7.69. The van der Waals surface area contributed by atoms with E-state index < -0.39 is 35.3 Å². The highest BCUT2D eigenvalue weighted by molar-refractivity contribution is 5.98. The van der Waals surface area contributed by atoms with Crippen molar-refractivity contribution < 1.29 is 27.2 Å². The third kappa shape index (κ3) is 5.05. The Labute approximate surface area is 187 Å². The number of nitrogens with zero attached hydrogens (tertiary/aromatic N) is 2. The molecule has 0 aliphatic carbocycles. The average molecular weight is 462 g/mol. The number of hydrogen-bond donors (Lipinski definition) is 2. The first kappa shape index (κ1) is 24.0. The third-order valence-electron chi connectivity index (χ3n) is 5.26. The van der Waals surface area contributed by atoms with Gasteiger partial charge in [0, 0.05) is 19.0 Å². The molecule has 1 aromatic heterocycles. The number of amides is 1. The van der Waals surface area contributed by atoms with Crippen LogP contribution in [0.25, 0.3) is 5.69 Å². The van der Waals surface area contributed by atoms with E-state index in [4.69, 9.17) is 5.73 Å². The van der Waals surface area contributed by atoms with E-state index in [9.17, 15) is 27.2 Å². The standard InChI is InChI=1S/C23H22F4N4O2/c1-12-4-7-16(24)10-18(12)22(33)29-11-15-5-8-17(9-6-15)31-21(14(3)32)19(28)20(30-31)13(2)23(25,26)27/h4-10,13H,11,28H2,1-3H3,(H,29,33). The lowest BCUT2D eigenvalue weighted by molar-refractivity contribution is -0.147. The van der Waals surface area contributed by atoms with Crippen LogP contribution in [0.1, 0.15) is 57.4 Å². The number of hydrogen-bond acceptors (Lipinski definition) is 4. The maximum absolute atomic E-state index is 13.4. The van der Waals surface area contributed by atoms with Crippen LogP contribution in [-0.4, -0.2) is 27.6 Å². The number of Topliss-reactive ketones (excluding diaryl/α,β-unsaturated/α-hetero) is 1. The molecule has 6 nitrogen and oxygen atoms in total. The van der Waals surface area contributed by atoms with E-state index in [0.29, 0.717) is 16.8 Å². The van der Waals surface area contributed by atoms with Gasteiger partial charge in [0.2, 0.25) is 0 Å². The molecule has 1 amide bonds. The van der Waals surface area contributed by atoms with Crippen molar-refractivity contribution in [2.24, 2.45) is 0 Å². The Balaban J connectivity index is 1.83. The number of alkyl halides is 3. The zero-order valence-corrected chi connectivity index (χ0v) is 18.1. The number of nitrogens with one attached hydrogen (secondary N) is 1. The predicted molar refractivity (Wildman–Crippen MR) is 115 cm³/mol. The lowest BCUT2D eigenvalue weighted by atomic mass is 10.1. The number of nitrogen functional groups attached to an aromatic ring is 1. The number of aromatic nitrogens is 2. The molecule has 0 saturated heterocycles. The Morgan fingerprint density at radius 1 is 1.15 bits per heavy atom. The number of benzene rings is 2. The molecule has 0 aliphatic rings. The van der Waals surface area contributed by atoms with Gasteiger partial charge < -0.3 is 11.1 Å². The summed E-state index contributed by atoms with van der Waals surface area (Å²) < 4.78 is 54.1. The molecule has 10 heteroatoms. The molecular formula is C23H22F4N4O2. The van der Waals surface area contributed by atoms with Crippen LogP contribution < -0.4 is 11.1 Å². The van der Waals surface area contributed by atoms with E-state index in [0.717, 1.165) is 17.7 Å². The fourth-order valence-corrected chi connectivity index (χ4v) is 3.32. The molecule has 1 unspecified atom stereocenters. The van der Waals surface area contributed by atoms with Crippen LogP contribution in [0.4, 0.5) is 23.2 Å². The van der Waals surface area contributed by atoms with Crippen molar-refractivity contribution in [3.8, 4) is 5.69 Å². The number of carbonyl (C=O) groups excluding carboxylic acids is 2. The largest absolute Gasteiger partial charge is 0.397 e. The van der Waals surface area contributed by atoms with Gasteiger partial charge in [-0.1, -0.05) is 18.2 Å². The van der Waals surface area contributed by atoms with Gasteiger partial charge in [-0.25, -0.2) is 9.07 Å². The molecule has 0 fully saturated rings. The molecule has 3 N–H and O–H groups in total. The van der Waals surface area contributed by atoms with Crippen LogP contribution in [0.2, 0.25) is 0 Å². The van der Waals surface area contributed by atoms with Crippen LogP contribution in [0.5, 0.6) is 0 Å². The van der Waals surface area contributed by atoms with Gasteiger partial charge in [-0.15, -0.1) is 0 Å². The summed E-state index contributed by atoms with van der Waals surface area (Å²) in [7, 11) is 0. The van der Waals surface area contributed by atoms with Gasteiger partial charge in [-0.2, -0.15) is 18.3 Å². The summed E-state index contributed by atoms with van der Waals surface area (Å²) in [6.45, 7) is 3.95. The topological polar surface area (TPSA) is 90.0 Å². The summed E-state index contributed by atoms with van der Waals surface area (Å²) in [5.41, 5.74) is 6.84. The number of anilines is 1. The summed E-state index contributed by atoms with van der Waals surface area (Å²) in [4.78, 5) is 24.4. The monoisotopic (exact) mass is 462 g/mol. The fourth-order valence-electron chi connectivity index (χ4n) is 3.32. The van der Waals surface area contributed by atoms with E-state index in [1.165, 1.54) is 19.1 Å². The molecule has 0 radical (unpaired) electrons. The van der Waals surface area contributed by atoms with Gasteiger partial charge in [0.1, 0.15) is 11.5 Å². The number of carbonyl (C=O) groups is 2. The van der Waals surface area contributed by atoms with Gasteiger partial charge >= 0.3 is 6.18 Å². The molecule has 1 atom stereocenters. The maximum atomic E-state index is 13.4. The van der Waals surface area contributed by atoms with E-state index in [2.05, 4.69) is 10.4 Å². The number of nitrogens with two attached hydrogens (primary N) is 1. The van der Waals surface area contributed by atoms with Gasteiger partial charge in [-0.3, -0.25) is 9.59 Å². The Morgan fingerprint density at radius 2 is 1.79 bits per heavy atom. The second-order valence-corrected chi connectivity index (χ2v) is 7.69. The first-order chi connectivity index (χ1) is 15.4. The highest BCUT2D eigenvalue weighted by Crippen LogP contribution is 2.38. The summed E-state index contributed by atoms with van der Waals surface area (Å²) in [5, 5.41) is 6.66. The van der Waals surface area contributed by atoms with Crippen molar-refractivity contribution in [1.29, 1.82) is 0 Å². The molecule has 3 aromatic rings. The smallest absolute Gasteiger partial charge is 0.395 e. The summed E-state index contributed by atoms with van der Waals surface area (Å²) in [6.07, 6.45) is -4.57. The molecule has 0 aliphatic heterocycles. The van der Waals surface area contributed by atoms with Gasteiger partial charge in [0.05, 0.1) is 23.0 Å². The molecule has 1 heterocycles. The highest BCUT2D eigenvalue weighted by atomic mass is 19.4. The Kier molecular flexibility index (Phi) is 6.57. The minimum absolute atomic E-state index is 0.131. The Hall–Kier alpha value is -3.69. The van der Waals surface area contributed by atoms with Crippen molar-refractivity contribution >= 4 is 17.4 Å². The number of ketones is 1. The van der Waals surface area contributed by atoms with Crippen LogP contribution in [0, 0.1) is 12.7 Å². The molecule has 0 spiro atoms. The first-order valence-electron chi connectivity index (χ1n) is 9.99. The average Bonchev–Trinajstić information content (AvgIpc) is 3.10. The molecular weight excluding hydrogens is 440 g/mol. The molecule has 0 saturated carbocycles. The number of aryl methyl sites for hydroxylation is 1. The maximum Gasteiger partial charge on any atom is 0.397 e. The first-order valence-corrected chi connectivity index (χ1v) is 9.99.